The second-order valence-electron chi connectivity index (χ2n) is 4.31. The first-order valence-electron chi connectivity index (χ1n) is 6.19. The lowest BCUT2D eigenvalue weighted by molar-refractivity contribution is -0.124. The van der Waals surface area contributed by atoms with Gasteiger partial charge >= 0.3 is 0 Å². The van der Waals surface area contributed by atoms with Gasteiger partial charge in [-0.1, -0.05) is 60.7 Å². The molecule has 0 saturated carbocycles. The summed E-state index contributed by atoms with van der Waals surface area (Å²) in [5.74, 6) is -0.125. The third-order valence-corrected chi connectivity index (χ3v) is 2.38. The molecule has 0 aliphatic rings. The Balaban J connectivity index is 0.000000224. The van der Waals surface area contributed by atoms with Crippen LogP contribution < -0.4 is 0 Å². The fourth-order valence-electron chi connectivity index (χ4n) is 1.61. The van der Waals surface area contributed by atoms with Crippen molar-refractivity contribution >= 4 is 11.6 Å². The minimum atomic E-state index is -0.0625. The largest absolute Gasteiger partial charge is 0.300 e. The molecule has 0 fully saturated rings. The predicted molar refractivity (Wildman–Crippen MR) is 77.9 cm³/mol. The van der Waals surface area contributed by atoms with Crippen molar-refractivity contribution in [2.45, 2.75) is 20.3 Å². The predicted octanol–water partition coefficient (Wildman–Crippen LogP) is 3.91. The number of benzene rings is 2. The number of carbonyl (C=O) groups excluding carboxylic acids is 2. The molecule has 0 atom stereocenters. The quantitative estimate of drug-likeness (QED) is 0.778. The van der Waals surface area contributed by atoms with E-state index in [0.29, 0.717) is 0 Å². The SMILES string of the molecule is CC(=O)CC(C)=O.c1ccc(-c2ccccc2)cc1. The summed E-state index contributed by atoms with van der Waals surface area (Å²) in [7, 11) is 0. The zero-order chi connectivity index (χ0) is 14.1. The minimum absolute atomic E-state index is 0.0625. The molecule has 98 valence electrons. The van der Waals surface area contributed by atoms with Crippen molar-refractivity contribution in [3.63, 3.8) is 0 Å². The Morgan fingerprint density at radius 3 is 1.21 bits per heavy atom. The molecule has 0 aliphatic heterocycles. The zero-order valence-corrected chi connectivity index (χ0v) is 11.3. The monoisotopic (exact) mass is 254 g/mol. The standard InChI is InChI=1S/C12H10.C5H8O2/c1-3-7-11(8-4-1)12-9-5-2-6-10-12;1-4(6)3-5(2)7/h1-10H;3H2,1-2H3. The molecule has 0 unspecified atom stereocenters. The molecule has 0 N–H and O–H groups in total. The van der Waals surface area contributed by atoms with E-state index in [1.807, 2.05) is 12.1 Å². The van der Waals surface area contributed by atoms with E-state index >= 15 is 0 Å². The van der Waals surface area contributed by atoms with Gasteiger partial charge < -0.3 is 0 Å². The average Bonchev–Trinajstić information content (AvgIpc) is 2.40. The number of carbonyl (C=O) groups is 2. The molecule has 0 saturated heterocycles. The van der Waals surface area contributed by atoms with Crippen molar-refractivity contribution in [3.8, 4) is 11.1 Å². The maximum absolute atomic E-state index is 10.0. The summed E-state index contributed by atoms with van der Waals surface area (Å²) in [5.41, 5.74) is 2.55. The first-order chi connectivity index (χ1) is 9.09. The Bertz CT molecular complexity index is 466. The Morgan fingerprint density at radius 1 is 0.684 bits per heavy atom. The van der Waals surface area contributed by atoms with Gasteiger partial charge in [0.05, 0.1) is 6.42 Å². The number of hydrogen-bond donors (Lipinski definition) is 0. The summed E-state index contributed by atoms with van der Waals surface area (Å²) >= 11 is 0. The van der Waals surface area contributed by atoms with Gasteiger partial charge in [-0.3, -0.25) is 9.59 Å². The first-order valence-corrected chi connectivity index (χ1v) is 6.19. The molecule has 2 heteroatoms. The highest BCUT2D eigenvalue weighted by Gasteiger charge is 1.94. The number of rotatable bonds is 3. The highest BCUT2D eigenvalue weighted by atomic mass is 16.1. The fraction of sp³-hybridized carbons (Fsp3) is 0.176. The van der Waals surface area contributed by atoms with Gasteiger partial charge in [0.15, 0.2) is 0 Å². The zero-order valence-electron chi connectivity index (χ0n) is 11.3. The van der Waals surface area contributed by atoms with Crippen LogP contribution in [0.2, 0.25) is 0 Å². The third kappa shape index (κ3) is 6.32. The number of ketones is 2. The highest BCUT2D eigenvalue weighted by molar-refractivity contribution is 5.96. The number of Topliss-reactive ketones (excluding diaryl/α,β-unsaturated/α-hetero) is 2. The topological polar surface area (TPSA) is 34.1 Å². The van der Waals surface area contributed by atoms with Crippen LogP contribution in [-0.4, -0.2) is 11.6 Å². The highest BCUT2D eigenvalue weighted by Crippen LogP contribution is 2.17. The minimum Gasteiger partial charge on any atom is -0.300 e. The van der Waals surface area contributed by atoms with Gasteiger partial charge in [-0.15, -0.1) is 0 Å². The molecule has 0 aromatic heterocycles. The van der Waals surface area contributed by atoms with Crippen LogP contribution in [0, 0.1) is 0 Å². The molecule has 0 amide bonds. The van der Waals surface area contributed by atoms with E-state index in [1.165, 1.54) is 25.0 Å². The van der Waals surface area contributed by atoms with E-state index < -0.39 is 0 Å². The summed E-state index contributed by atoms with van der Waals surface area (Å²) in [6.45, 7) is 2.81. The molecular weight excluding hydrogens is 236 g/mol. The molecule has 19 heavy (non-hydrogen) atoms. The van der Waals surface area contributed by atoms with E-state index in [-0.39, 0.29) is 18.0 Å². The van der Waals surface area contributed by atoms with Crippen LogP contribution in [0.5, 0.6) is 0 Å². The number of hydrogen-bond acceptors (Lipinski definition) is 2. The van der Waals surface area contributed by atoms with Gasteiger partial charge in [-0.05, 0) is 25.0 Å². The third-order valence-electron chi connectivity index (χ3n) is 2.38. The van der Waals surface area contributed by atoms with Crippen LogP contribution in [-0.2, 0) is 9.59 Å². The molecule has 0 radical (unpaired) electrons. The van der Waals surface area contributed by atoms with Crippen LogP contribution in [0.25, 0.3) is 11.1 Å². The van der Waals surface area contributed by atoms with Crippen molar-refractivity contribution in [2.24, 2.45) is 0 Å². The normalized spacial score (nSPS) is 9.16. The summed E-state index contributed by atoms with van der Waals surface area (Å²) in [6, 6.07) is 20.8. The molecule has 0 aliphatic carbocycles. The smallest absolute Gasteiger partial charge is 0.137 e. The van der Waals surface area contributed by atoms with Crippen molar-refractivity contribution in [1.29, 1.82) is 0 Å². The lowest BCUT2D eigenvalue weighted by Crippen LogP contribution is -1.97. The van der Waals surface area contributed by atoms with E-state index in [4.69, 9.17) is 0 Å². The van der Waals surface area contributed by atoms with E-state index in [1.54, 1.807) is 0 Å². The van der Waals surface area contributed by atoms with Crippen LogP contribution in [0.15, 0.2) is 60.7 Å². The Labute approximate surface area is 114 Å². The molecule has 2 aromatic carbocycles. The lowest BCUT2D eigenvalue weighted by Gasteiger charge is -1.98. The fourth-order valence-corrected chi connectivity index (χ4v) is 1.61. The van der Waals surface area contributed by atoms with Crippen LogP contribution in [0.1, 0.15) is 20.3 Å². The summed E-state index contributed by atoms with van der Waals surface area (Å²) < 4.78 is 0. The molecule has 2 aromatic rings. The first kappa shape index (κ1) is 14.8. The molecular formula is C17H18O2. The van der Waals surface area contributed by atoms with E-state index in [9.17, 15) is 9.59 Å². The molecule has 0 bridgehead atoms. The van der Waals surface area contributed by atoms with Gasteiger partial charge in [-0.2, -0.15) is 0 Å². The molecule has 0 spiro atoms. The maximum atomic E-state index is 10.0. The van der Waals surface area contributed by atoms with Crippen molar-refractivity contribution in [2.75, 3.05) is 0 Å². The summed E-state index contributed by atoms with van der Waals surface area (Å²) in [5, 5.41) is 0. The molecule has 0 heterocycles. The van der Waals surface area contributed by atoms with Crippen molar-refractivity contribution in [1.82, 2.24) is 0 Å². The average molecular weight is 254 g/mol. The maximum Gasteiger partial charge on any atom is 0.137 e. The van der Waals surface area contributed by atoms with Crippen LogP contribution in [0.3, 0.4) is 0 Å². The van der Waals surface area contributed by atoms with Gasteiger partial charge in [0, 0.05) is 0 Å². The Kier molecular flexibility index (Phi) is 6.23. The van der Waals surface area contributed by atoms with Gasteiger partial charge in [0.2, 0.25) is 0 Å². The van der Waals surface area contributed by atoms with Crippen LogP contribution >= 0.6 is 0 Å². The Hall–Kier alpha value is -2.22. The second-order valence-corrected chi connectivity index (χ2v) is 4.31. The van der Waals surface area contributed by atoms with E-state index in [0.717, 1.165) is 0 Å². The van der Waals surface area contributed by atoms with Crippen molar-refractivity contribution in [3.05, 3.63) is 60.7 Å². The van der Waals surface area contributed by atoms with E-state index in [2.05, 4.69) is 48.5 Å². The Morgan fingerprint density at radius 2 is 1.00 bits per heavy atom. The molecule has 2 nitrogen and oxygen atoms in total. The van der Waals surface area contributed by atoms with Crippen LogP contribution in [0.4, 0.5) is 0 Å². The van der Waals surface area contributed by atoms with Crippen molar-refractivity contribution < 1.29 is 9.59 Å². The van der Waals surface area contributed by atoms with Gasteiger partial charge in [0.1, 0.15) is 11.6 Å². The van der Waals surface area contributed by atoms with Gasteiger partial charge in [0.25, 0.3) is 0 Å². The summed E-state index contributed by atoms with van der Waals surface area (Å²) in [4.78, 5) is 20.1. The molecule has 2 rings (SSSR count). The van der Waals surface area contributed by atoms with Gasteiger partial charge in [-0.25, -0.2) is 0 Å². The lowest BCUT2D eigenvalue weighted by atomic mass is 10.1. The summed E-state index contributed by atoms with van der Waals surface area (Å²) in [6.07, 6.45) is 0.0833. The second kappa shape index (κ2) is 7.98.